The molecule has 0 saturated carbocycles. The van der Waals surface area contributed by atoms with Gasteiger partial charge in [0.05, 0.1) is 5.56 Å². The molecule has 0 heterocycles. The second kappa shape index (κ2) is 5.96. The maximum Gasteiger partial charge on any atom is 0.420 e. The summed E-state index contributed by atoms with van der Waals surface area (Å²) in [5, 5.41) is 0. The second-order valence-electron chi connectivity index (χ2n) is 4.41. The van der Waals surface area contributed by atoms with Crippen molar-refractivity contribution in [3.8, 4) is 5.75 Å². The van der Waals surface area contributed by atoms with E-state index in [0.29, 0.717) is 6.07 Å². The Bertz CT molecular complexity index is 770. The number of benzene rings is 2. The molecule has 0 aliphatic rings. The Kier molecular flexibility index (Phi) is 4.41. The summed E-state index contributed by atoms with van der Waals surface area (Å²) in [6.45, 7) is 0. The Morgan fingerprint density at radius 3 is 2.32 bits per heavy atom. The topological polar surface area (TPSA) is 43.4 Å². The summed E-state index contributed by atoms with van der Waals surface area (Å²) in [6, 6.07) is 8.69. The van der Waals surface area contributed by atoms with E-state index in [1.165, 1.54) is 18.2 Å². The first-order chi connectivity index (χ1) is 10.2. The molecule has 0 aromatic heterocycles. The SMILES string of the molecule is O=S(=O)(Cc1cccc(F)c1)Oc1ccccc1C(F)(F)F. The van der Waals surface area contributed by atoms with Crippen molar-refractivity contribution in [2.75, 3.05) is 0 Å². The molecule has 118 valence electrons. The van der Waals surface area contributed by atoms with Crippen molar-refractivity contribution < 1.29 is 30.2 Å². The van der Waals surface area contributed by atoms with Crippen LogP contribution in [-0.4, -0.2) is 8.42 Å². The van der Waals surface area contributed by atoms with Gasteiger partial charge in [-0.05, 0) is 29.8 Å². The van der Waals surface area contributed by atoms with E-state index >= 15 is 0 Å². The van der Waals surface area contributed by atoms with Gasteiger partial charge in [0.2, 0.25) is 0 Å². The van der Waals surface area contributed by atoms with Crippen LogP contribution in [0, 0.1) is 5.82 Å². The fraction of sp³-hybridized carbons (Fsp3) is 0.143. The highest BCUT2D eigenvalue weighted by Gasteiger charge is 2.35. The smallest absolute Gasteiger partial charge is 0.382 e. The monoisotopic (exact) mass is 334 g/mol. The molecule has 2 aromatic carbocycles. The highest BCUT2D eigenvalue weighted by molar-refractivity contribution is 7.86. The summed E-state index contributed by atoms with van der Waals surface area (Å²) >= 11 is 0. The molecule has 2 rings (SSSR count). The van der Waals surface area contributed by atoms with Gasteiger partial charge in [0.15, 0.2) is 5.75 Å². The van der Waals surface area contributed by atoms with Crippen molar-refractivity contribution >= 4 is 10.1 Å². The zero-order valence-corrected chi connectivity index (χ0v) is 11.8. The first-order valence-corrected chi connectivity index (χ1v) is 7.58. The zero-order valence-electron chi connectivity index (χ0n) is 11.0. The van der Waals surface area contributed by atoms with Crippen LogP contribution in [0.2, 0.25) is 0 Å². The zero-order chi connectivity index (χ0) is 16.4. The maximum absolute atomic E-state index is 13.0. The molecule has 22 heavy (non-hydrogen) atoms. The molecule has 0 radical (unpaired) electrons. The van der Waals surface area contributed by atoms with E-state index in [4.69, 9.17) is 0 Å². The third-order valence-corrected chi connectivity index (χ3v) is 3.76. The lowest BCUT2D eigenvalue weighted by Crippen LogP contribution is -2.15. The summed E-state index contributed by atoms with van der Waals surface area (Å²) in [4.78, 5) is 0. The summed E-state index contributed by atoms with van der Waals surface area (Å²) in [5.74, 6) is -2.20. The minimum absolute atomic E-state index is 0.0736. The second-order valence-corrected chi connectivity index (χ2v) is 5.98. The van der Waals surface area contributed by atoms with Crippen molar-refractivity contribution in [1.82, 2.24) is 0 Å². The van der Waals surface area contributed by atoms with E-state index in [9.17, 15) is 26.0 Å². The molecule has 0 aliphatic heterocycles. The summed E-state index contributed by atoms with van der Waals surface area (Å²) in [5.41, 5.74) is -1.12. The highest BCUT2D eigenvalue weighted by Crippen LogP contribution is 2.36. The summed E-state index contributed by atoms with van der Waals surface area (Å²) < 4.78 is 79.6. The molecule has 0 spiro atoms. The molecule has 0 amide bonds. The molecule has 8 heteroatoms. The van der Waals surface area contributed by atoms with Crippen LogP contribution in [0.5, 0.6) is 5.75 Å². The molecular formula is C14H10F4O3S. The predicted molar refractivity (Wildman–Crippen MR) is 71.1 cm³/mol. The number of halogens is 4. The maximum atomic E-state index is 13.0. The van der Waals surface area contributed by atoms with Crippen molar-refractivity contribution in [2.24, 2.45) is 0 Å². The Hall–Kier alpha value is -2.09. The van der Waals surface area contributed by atoms with E-state index < -0.39 is 39.2 Å². The van der Waals surface area contributed by atoms with Gasteiger partial charge in [-0.15, -0.1) is 0 Å². The van der Waals surface area contributed by atoms with Crippen LogP contribution in [0.3, 0.4) is 0 Å². The van der Waals surface area contributed by atoms with Gasteiger partial charge in [-0.25, -0.2) is 4.39 Å². The van der Waals surface area contributed by atoms with Crippen molar-refractivity contribution in [1.29, 1.82) is 0 Å². The van der Waals surface area contributed by atoms with Gasteiger partial charge in [-0.1, -0.05) is 24.3 Å². The lowest BCUT2D eigenvalue weighted by Gasteiger charge is -2.13. The standard InChI is InChI=1S/C14H10F4O3S/c15-11-5-3-4-10(8-11)9-22(19,20)21-13-7-2-1-6-12(13)14(16,17)18/h1-8H,9H2. The van der Waals surface area contributed by atoms with Crippen LogP contribution in [-0.2, 0) is 22.0 Å². The Morgan fingerprint density at radius 2 is 1.68 bits per heavy atom. The Labute approximate surface area is 124 Å². The third kappa shape index (κ3) is 4.20. The lowest BCUT2D eigenvalue weighted by atomic mass is 10.2. The minimum atomic E-state index is -4.75. The Morgan fingerprint density at radius 1 is 1.00 bits per heavy atom. The quantitative estimate of drug-likeness (QED) is 0.632. The average molecular weight is 334 g/mol. The number of hydrogen-bond donors (Lipinski definition) is 0. The summed E-state index contributed by atoms with van der Waals surface area (Å²) in [7, 11) is -4.35. The van der Waals surface area contributed by atoms with Crippen LogP contribution in [0.15, 0.2) is 48.5 Å². The van der Waals surface area contributed by atoms with Gasteiger partial charge in [0, 0.05) is 0 Å². The van der Waals surface area contributed by atoms with Crippen LogP contribution in [0.1, 0.15) is 11.1 Å². The largest absolute Gasteiger partial charge is 0.420 e. The fourth-order valence-corrected chi connectivity index (χ4v) is 2.84. The van der Waals surface area contributed by atoms with Gasteiger partial charge in [-0.2, -0.15) is 21.6 Å². The highest BCUT2D eigenvalue weighted by atomic mass is 32.2. The lowest BCUT2D eigenvalue weighted by molar-refractivity contribution is -0.138. The first-order valence-electron chi connectivity index (χ1n) is 6.00. The van der Waals surface area contributed by atoms with Crippen LogP contribution in [0.4, 0.5) is 17.6 Å². The molecule has 0 aliphatic carbocycles. The molecule has 0 saturated heterocycles. The number of rotatable bonds is 4. The van der Waals surface area contributed by atoms with Gasteiger partial charge in [0.1, 0.15) is 11.6 Å². The van der Waals surface area contributed by atoms with Crippen molar-refractivity contribution in [3.63, 3.8) is 0 Å². The number of para-hydroxylation sites is 1. The molecule has 0 unspecified atom stereocenters. The minimum Gasteiger partial charge on any atom is -0.382 e. The fourth-order valence-electron chi connectivity index (χ4n) is 1.77. The number of alkyl halides is 3. The number of hydrogen-bond acceptors (Lipinski definition) is 3. The predicted octanol–water partition coefficient (Wildman–Crippen LogP) is 3.75. The van der Waals surface area contributed by atoms with E-state index in [1.54, 1.807) is 0 Å². The van der Waals surface area contributed by atoms with E-state index in [-0.39, 0.29) is 5.56 Å². The van der Waals surface area contributed by atoms with Crippen LogP contribution >= 0.6 is 0 Å². The molecule has 0 atom stereocenters. The van der Waals surface area contributed by atoms with Gasteiger partial charge in [0.25, 0.3) is 0 Å². The van der Waals surface area contributed by atoms with Gasteiger partial charge in [-0.3, -0.25) is 0 Å². The molecule has 0 bridgehead atoms. The van der Waals surface area contributed by atoms with E-state index in [0.717, 1.165) is 24.3 Å². The Balaban J connectivity index is 2.27. The molecule has 2 aromatic rings. The molecular weight excluding hydrogens is 324 g/mol. The normalized spacial score (nSPS) is 12.2. The van der Waals surface area contributed by atoms with Gasteiger partial charge < -0.3 is 4.18 Å². The summed E-state index contributed by atoms with van der Waals surface area (Å²) in [6.07, 6.45) is -4.75. The molecule has 0 fully saturated rings. The van der Waals surface area contributed by atoms with Crippen molar-refractivity contribution in [2.45, 2.75) is 11.9 Å². The molecule has 0 N–H and O–H groups in total. The average Bonchev–Trinajstić information content (AvgIpc) is 2.36. The van der Waals surface area contributed by atoms with Gasteiger partial charge >= 0.3 is 16.3 Å². The van der Waals surface area contributed by atoms with Crippen LogP contribution < -0.4 is 4.18 Å². The molecule has 3 nitrogen and oxygen atoms in total. The third-order valence-electron chi connectivity index (χ3n) is 2.64. The van der Waals surface area contributed by atoms with E-state index in [2.05, 4.69) is 4.18 Å². The van der Waals surface area contributed by atoms with Crippen LogP contribution in [0.25, 0.3) is 0 Å². The first kappa shape index (κ1) is 16.3. The van der Waals surface area contributed by atoms with E-state index in [1.807, 2.05) is 0 Å². The van der Waals surface area contributed by atoms with Crippen molar-refractivity contribution in [3.05, 3.63) is 65.5 Å².